The van der Waals surface area contributed by atoms with Gasteiger partial charge in [0.2, 0.25) is 11.8 Å². The largest absolute Gasteiger partial charge is 0.463 e. The van der Waals surface area contributed by atoms with Crippen LogP contribution in [0, 0.1) is 17.8 Å². The molecule has 3 N–H and O–H groups in total. The van der Waals surface area contributed by atoms with Crippen molar-refractivity contribution in [2.75, 3.05) is 33.0 Å². The number of hydrogen-bond donors (Lipinski definition) is 3. The first kappa shape index (κ1) is 30.8. The molecule has 216 valence electrons. The summed E-state index contributed by atoms with van der Waals surface area (Å²) in [6.45, 7) is 0.951. The number of benzene rings is 1. The molecule has 0 radical (unpaired) electrons. The molecule has 1 aliphatic heterocycles. The minimum Gasteiger partial charge on any atom is -0.463 e. The Labute approximate surface area is 232 Å². The van der Waals surface area contributed by atoms with Crippen molar-refractivity contribution in [3.8, 4) is 0 Å². The third-order valence-corrected chi connectivity index (χ3v) is 7.65. The molecule has 1 heterocycles. The number of allylic oxidation sites excluding steroid dienone is 2. The summed E-state index contributed by atoms with van der Waals surface area (Å²) in [5.41, 5.74) is 1.10. The third-order valence-electron chi connectivity index (χ3n) is 7.65. The van der Waals surface area contributed by atoms with Gasteiger partial charge in [0, 0.05) is 13.0 Å². The normalized spacial score (nSPS) is 23.6. The van der Waals surface area contributed by atoms with Gasteiger partial charge in [0.05, 0.1) is 37.7 Å². The predicted octanol–water partition coefficient (Wildman–Crippen LogP) is 3.72. The molecule has 2 amide bonds. The van der Waals surface area contributed by atoms with Crippen LogP contribution in [0.5, 0.6) is 0 Å². The number of nitrogens with one attached hydrogen (secondary N) is 2. The molecule has 0 spiro atoms. The lowest BCUT2D eigenvalue weighted by Gasteiger charge is -2.28. The van der Waals surface area contributed by atoms with Crippen molar-refractivity contribution in [2.45, 2.75) is 76.7 Å². The molecule has 0 bridgehead atoms. The number of aliphatic hydroxyl groups excluding tert-OH is 1. The molecule has 1 fully saturated rings. The van der Waals surface area contributed by atoms with Crippen LogP contribution in [0.1, 0.15) is 69.8 Å². The summed E-state index contributed by atoms with van der Waals surface area (Å²) in [5.74, 6) is -0.863. The number of amides is 2. The fourth-order valence-corrected chi connectivity index (χ4v) is 5.50. The van der Waals surface area contributed by atoms with Gasteiger partial charge in [-0.3, -0.25) is 14.4 Å². The summed E-state index contributed by atoms with van der Waals surface area (Å²) in [4.78, 5) is 39.2. The molecular weight excluding hydrogens is 496 g/mol. The Hall–Kier alpha value is -2.71. The number of cyclic esters (lactones) is 1. The van der Waals surface area contributed by atoms with Crippen molar-refractivity contribution in [1.29, 1.82) is 0 Å². The van der Waals surface area contributed by atoms with E-state index in [0.29, 0.717) is 44.8 Å². The molecular formula is C31H46N2O6. The third kappa shape index (κ3) is 11.9. The first-order chi connectivity index (χ1) is 19.0. The molecule has 39 heavy (non-hydrogen) atoms. The van der Waals surface area contributed by atoms with Gasteiger partial charge in [-0.2, -0.15) is 0 Å². The Balaban J connectivity index is 1.67. The predicted molar refractivity (Wildman–Crippen MR) is 150 cm³/mol. The van der Waals surface area contributed by atoms with Crippen LogP contribution >= 0.6 is 0 Å². The zero-order valence-corrected chi connectivity index (χ0v) is 23.2. The van der Waals surface area contributed by atoms with Crippen LogP contribution < -0.4 is 10.6 Å². The first-order valence-electron chi connectivity index (χ1n) is 14.7. The molecule has 1 aliphatic carbocycles. The highest BCUT2D eigenvalue weighted by Crippen LogP contribution is 2.28. The quantitative estimate of drug-likeness (QED) is 0.223. The zero-order valence-electron chi connectivity index (χ0n) is 23.2. The monoisotopic (exact) mass is 542 g/mol. The van der Waals surface area contributed by atoms with Crippen molar-refractivity contribution < 1.29 is 29.0 Å². The molecule has 0 aromatic heterocycles. The Bertz CT molecular complexity index is 900. The van der Waals surface area contributed by atoms with Crippen molar-refractivity contribution in [1.82, 2.24) is 10.6 Å². The van der Waals surface area contributed by atoms with Crippen LogP contribution in [0.15, 0.2) is 42.5 Å². The average Bonchev–Trinajstić information content (AvgIpc) is 2.95. The van der Waals surface area contributed by atoms with Crippen LogP contribution in [0.4, 0.5) is 0 Å². The van der Waals surface area contributed by atoms with Crippen molar-refractivity contribution in [2.24, 2.45) is 17.8 Å². The maximum Gasteiger partial charge on any atom is 0.309 e. The molecule has 8 heteroatoms. The van der Waals surface area contributed by atoms with Crippen LogP contribution in [-0.4, -0.2) is 61.9 Å². The molecule has 0 unspecified atom stereocenters. The lowest BCUT2D eigenvalue weighted by atomic mass is 9.84. The molecule has 3 atom stereocenters. The van der Waals surface area contributed by atoms with E-state index in [2.05, 4.69) is 10.6 Å². The summed E-state index contributed by atoms with van der Waals surface area (Å²) in [6.07, 6.45) is 13.1. The van der Waals surface area contributed by atoms with E-state index in [4.69, 9.17) is 14.6 Å². The second-order valence-corrected chi connectivity index (χ2v) is 10.8. The highest BCUT2D eigenvalue weighted by atomic mass is 16.5. The van der Waals surface area contributed by atoms with Gasteiger partial charge in [-0.25, -0.2) is 0 Å². The summed E-state index contributed by atoms with van der Waals surface area (Å²) in [6, 6.07) is 9.72. The topological polar surface area (TPSA) is 114 Å². The molecule has 8 nitrogen and oxygen atoms in total. The number of aliphatic hydroxyl groups is 1. The van der Waals surface area contributed by atoms with E-state index in [9.17, 15) is 14.4 Å². The van der Waals surface area contributed by atoms with Gasteiger partial charge in [0.25, 0.3) is 0 Å². The summed E-state index contributed by atoms with van der Waals surface area (Å²) in [7, 11) is 0. The fraction of sp³-hybridized carbons (Fsp3) is 0.645. The second kappa shape index (κ2) is 17.8. The Morgan fingerprint density at radius 1 is 1.03 bits per heavy atom. The van der Waals surface area contributed by atoms with Crippen LogP contribution in [0.25, 0.3) is 0 Å². The molecule has 3 rings (SSSR count). The summed E-state index contributed by atoms with van der Waals surface area (Å²) in [5, 5.41) is 14.7. The highest BCUT2D eigenvalue weighted by molar-refractivity contribution is 5.86. The highest BCUT2D eigenvalue weighted by Gasteiger charge is 2.28. The van der Waals surface area contributed by atoms with Crippen molar-refractivity contribution in [3.63, 3.8) is 0 Å². The van der Waals surface area contributed by atoms with Gasteiger partial charge < -0.3 is 25.2 Å². The number of esters is 1. The molecule has 0 saturated heterocycles. The minimum absolute atomic E-state index is 0.0626. The van der Waals surface area contributed by atoms with Crippen molar-refractivity contribution in [3.05, 3.63) is 48.0 Å². The second-order valence-electron chi connectivity index (χ2n) is 10.8. The number of carbonyl (C=O) groups is 3. The van der Waals surface area contributed by atoms with E-state index in [1.807, 2.05) is 42.5 Å². The van der Waals surface area contributed by atoms with E-state index >= 15 is 0 Å². The maximum absolute atomic E-state index is 13.4. The number of carbonyl (C=O) groups excluding carboxylic acids is 3. The van der Waals surface area contributed by atoms with Crippen molar-refractivity contribution >= 4 is 17.8 Å². The Kier molecular flexibility index (Phi) is 14.1. The Morgan fingerprint density at radius 2 is 1.82 bits per heavy atom. The lowest BCUT2D eigenvalue weighted by molar-refractivity contribution is -0.150. The van der Waals surface area contributed by atoms with Gasteiger partial charge in [0.15, 0.2) is 0 Å². The van der Waals surface area contributed by atoms with Crippen LogP contribution in [0.2, 0.25) is 0 Å². The summed E-state index contributed by atoms with van der Waals surface area (Å²) < 4.78 is 11.0. The van der Waals surface area contributed by atoms with Gasteiger partial charge in [0.1, 0.15) is 6.61 Å². The van der Waals surface area contributed by atoms with Gasteiger partial charge >= 0.3 is 5.97 Å². The van der Waals surface area contributed by atoms with Gasteiger partial charge in [-0.15, -0.1) is 0 Å². The van der Waals surface area contributed by atoms with E-state index in [-0.39, 0.29) is 56.0 Å². The number of ether oxygens (including phenoxy) is 2. The smallest absolute Gasteiger partial charge is 0.309 e. The van der Waals surface area contributed by atoms with E-state index in [0.717, 1.165) is 24.8 Å². The van der Waals surface area contributed by atoms with Gasteiger partial charge in [-0.05, 0) is 43.6 Å². The zero-order chi connectivity index (χ0) is 27.7. The van der Waals surface area contributed by atoms with Crippen LogP contribution in [0.3, 0.4) is 0 Å². The van der Waals surface area contributed by atoms with E-state index in [1.165, 1.54) is 19.3 Å². The molecule has 1 saturated carbocycles. The first-order valence-corrected chi connectivity index (χ1v) is 14.7. The van der Waals surface area contributed by atoms with E-state index < -0.39 is 5.92 Å². The van der Waals surface area contributed by atoms with Crippen LogP contribution in [-0.2, 0) is 30.3 Å². The number of hydrogen-bond acceptors (Lipinski definition) is 6. The lowest BCUT2D eigenvalue weighted by Crippen LogP contribution is -2.44. The molecule has 2 aliphatic rings. The van der Waals surface area contributed by atoms with Gasteiger partial charge in [-0.1, -0.05) is 74.6 Å². The summed E-state index contributed by atoms with van der Waals surface area (Å²) >= 11 is 0. The number of rotatable bonds is 11. The Morgan fingerprint density at radius 3 is 2.59 bits per heavy atom. The average molecular weight is 543 g/mol. The fourth-order valence-electron chi connectivity index (χ4n) is 5.50. The standard InChI is InChI=1S/C31H46N2O6/c34-17-19-38-18-16-32-29(35)22-26-14-8-3-9-15-27(20-24-10-4-1-5-11-24)31(37)39-23-28(33-30(26)36)21-25-12-6-2-7-13-25/h1,3-5,8,10-11,25-28,34H,2,6-7,9,12-23H2,(H,32,35)(H,33,36)/t26-,27-,28+/m1/s1. The van der Waals surface area contributed by atoms with E-state index in [1.54, 1.807) is 0 Å². The maximum atomic E-state index is 13.4. The molecule has 1 aromatic rings. The molecule has 1 aromatic carbocycles. The minimum atomic E-state index is -0.509. The SMILES string of the molecule is O=C(C[C@H]1CC=CCC[C@H](Cc2ccccc2)C(=O)OC[C@H](CC2CCCCC2)NC1=O)NCCOCCO.